The first-order valence-corrected chi connectivity index (χ1v) is 7.26. The van der Waals surface area contributed by atoms with Crippen LogP contribution in [-0.2, 0) is 0 Å². The van der Waals surface area contributed by atoms with Crippen molar-refractivity contribution in [2.45, 2.75) is 18.2 Å². The van der Waals surface area contributed by atoms with E-state index in [1.165, 1.54) is 17.6 Å². The number of anilines is 1. The number of carbonyl (C=O) groups is 1. The van der Waals surface area contributed by atoms with E-state index < -0.39 is 0 Å². The van der Waals surface area contributed by atoms with E-state index in [9.17, 15) is 4.79 Å². The molecule has 2 aromatic heterocycles. The number of nitrogens with zero attached hydrogens (tertiary/aromatic N) is 2. The maximum absolute atomic E-state index is 11.7. The van der Waals surface area contributed by atoms with E-state index in [4.69, 9.17) is 4.42 Å². The summed E-state index contributed by atoms with van der Waals surface area (Å²) in [5, 5.41) is 11.1. The number of furan rings is 1. The minimum atomic E-state index is -0.309. The van der Waals surface area contributed by atoms with E-state index in [0.29, 0.717) is 11.0 Å². The number of thioether (sulfide) groups is 1. The summed E-state index contributed by atoms with van der Waals surface area (Å²) in [5.41, 5.74) is 0. The summed E-state index contributed by atoms with van der Waals surface area (Å²) in [7, 11) is 0. The highest BCUT2D eigenvalue weighted by molar-refractivity contribution is 8.01. The fourth-order valence-electron chi connectivity index (χ4n) is 1.12. The first-order valence-electron chi connectivity index (χ1n) is 5.46. The molecule has 0 fully saturated rings. The number of hydrogen-bond donors (Lipinski definition) is 1. The van der Waals surface area contributed by atoms with Crippen molar-refractivity contribution in [1.82, 2.24) is 10.2 Å². The zero-order valence-electron chi connectivity index (χ0n) is 10.0. The van der Waals surface area contributed by atoms with Gasteiger partial charge in [-0.05, 0) is 18.1 Å². The quantitative estimate of drug-likeness (QED) is 0.674. The molecular formula is C11H13N3O2S2. The molecule has 0 aliphatic rings. The number of hydrogen-bond acceptors (Lipinski definition) is 6. The summed E-state index contributed by atoms with van der Waals surface area (Å²) >= 11 is 3.01. The van der Waals surface area contributed by atoms with Gasteiger partial charge in [-0.15, -0.1) is 10.2 Å². The van der Waals surface area contributed by atoms with Crippen molar-refractivity contribution in [2.24, 2.45) is 5.92 Å². The first kappa shape index (κ1) is 13.1. The van der Waals surface area contributed by atoms with Gasteiger partial charge in [0.25, 0.3) is 5.91 Å². The molecule has 0 aromatic carbocycles. The van der Waals surface area contributed by atoms with Crippen LogP contribution >= 0.6 is 23.1 Å². The van der Waals surface area contributed by atoms with Crippen LogP contribution in [0.15, 0.2) is 27.2 Å². The van der Waals surface area contributed by atoms with Crippen LogP contribution in [0.5, 0.6) is 0 Å². The molecule has 0 spiro atoms. The Morgan fingerprint density at radius 2 is 2.39 bits per heavy atom. The Kier molecular flexibility index (Phi) is 4.38. The maximum atomic E-state index is 11.7. The van der Waals surface area contributed by atoms with Gasteiger partial charge in [-0.3, -0.25) is 10.1 Å². The van der Waals surface area contributed by atoms with Crippen molar-refractivity contribution < 1.29 is 9.21 Å². The Labute approximate surface area is 113 Å². The van der Waals surface area contributed by atoms with Crippen molar-refractivity contribution >= 4 is 34.1 Å². The molecule has 7 heteroatoms. The van der Waals surface area contributed by atoms with Gasteiger partial charge in [-0.2, -0.15) is 0 Å². The van der Waals surface area contributed by atoms with Gasteiger partial charge in [0.05, 0.1) is 6.26 Å². The summed E-state index contributed by atoms with van der Waals surface area (Å²) in [6, 6.07) is 3.27. The van der Waals surface area contributed by atoms with Crippen LogP contribution in [0.1, 0.15) is 24.4 Å². The van der Waals surface area contributed by atoms with Gasteiger partial charge in [-0.1, -0.05) is 36.9 Å². The molecule has 0 aliphatic carbocycles. The molecule has 0 atom stereocenters. The van der Waals surface area contributed by atoms with Crippen LogP contribution < -0.4 is 5.32 Å². The highest BCUT2D eigenvalue weighted by atomic mass is 32.2. The second-order valence-electron chi connectivity index (χ2n) is 4.01. The Hall–Kier alpha value is -1.34. The molecule has 96 valence electrons. The van der Waals surface area contributed by atoms with Gasteiger partial charge in [0.1, 0.15) is 0 Å². The average molecular weight is 283 g/mol. The Morgan fingerprint density at radius 1 is 1.56 bits per heavy atom. The fourth-order valence-corrected chi connectivity index (χ4v) is 2.85. The zero-order chi connectivity index (χ0) is 13.0. The zero-order valence-corrected chi connectivity index (χ0v) is 11.7. The predicted molar refractivity (Wildman–Crippen MR) is 72.1 cm³/mol. The minimum Gasteiger partial charge on any atom is -0.459 e. The topological polar surface area (TPSA) is 68.0 Å². The SMILES string of the molecule is CC(C)CSc1nnc(NC(=O)c2ccco2)s1. The van der Waals surface area contributed by atoms with E-state index in [-0.39, 0.29) is 11.7 Å². The standard InChI is InChI=1S/C11H13N3O2S2/c1-7(2)6-17-11-14-13-10(18-11)12-9(15)8-4-3-5-16-8/h3-5,7H,6H2,1-2H3,(H,12,13,15). The van der Waals surface area contributed by atoms with E-state index in [1.54, 1.807) is 23.9 Å². The largest absolute Gasteiger partial charge is 0.459 e. The molecule has 18 heavy (non-hydrogen) atoms. The van der Waals surface area contributed by atoms with E-state index in [2.05, 4.69) is 29.4 Å². The molecule has 0 aliphatic heterocycles. The van der Waals surface area contributed by atoms with Gasteiger partial charge in [0.2, 0.25) is 5.13 Å². The third kappa shape index (κ3) is 3.58. The van der Waals surface area contributed by atoms with Gasteiger partial charge < -0.3 is 4.42 Å². The van der Waals surface area contributed by atoms with Crippen LogP contribution in [0.3, 0.4) is 0 Å². The molecule has 5 nitrogen and oxygen atoms in total. The summed E-state index contributed by atoms with van der Waals surface area (Å²) in [4.78, 5) is 11.7. The van der Waals surface area contributed by atoms with E-state index in [1.807, 2.05) is 0 Å². The summed E-state index contributed by atoms with van der Waals surface area (Å²) in [6.07, 6.45) is 1.46. The molecule has 0 saturated heterocycles. The molecule has 0 unspecified atom stereocenters. The third-order valence-corrected chi connectivity index (χ3v) is 4.31. The van der Waals surface area contributed by atoms with Crippen molar-refractivity contribution in [3.63, 3.8) is 0 Å². The molecule has 1 N–H and O–H groups in total. The highest BCUT2D eigenvalue weighted by Gasteiger charge is 2.12. The summed E-state index contributed by atoms with van der Waals surface area (Å²) < 4.78 is 5.85. The predicted octanol–water partition coefficient (Wildman–Crippen LogP) is 3.13. The Bertz CT molecular complexity index is 508. The van der Waals surface area contributed by atoms with Crippen molar-refractivity contribution in [2.75, 3.05) is 11.1 Å². The van der Waals surface area contributed by atoms with Gasteiger partial charge in [0, 0.05) is 5.75 Å². The number of rotatable bonds is 5. The van der Waals surface area contributed by atoms with Crippen LogP contribution in [0, 0.1) is 5.92 Å². The number of nitrogens with one attached hydrogen (secondary N) is 1. The van der Waals surface area contributed by atoms with Crippen LogP contribution in [0.25, 0.3) is 0 Å². The first-order chi connectivity index (χ1) is 8.65. The molecular weight excluding hydrogens is 270 g/mol. The molecule has 0 saturated carbocycles. The lowest BCUT2D eigenvalue weighted by Gasteiger charge is -1.99. The summed E-state index contributed by atoms with van der Waals surface area (Å²) in [6.45, 7) is 4.29. The van der Waals surface area contributed by atoms with Crippen molar-refractivity contribution in [3.8, 4) is 0 Å². The number of amides is 1. The van der Waals surface area contributed by atoms with E-state index in [0.717, 1.165) is 10.1 Å². The van der Waals surface area contributed by atoms with Gasteiger partial charge in [-0.25, -0.2) is 0 Å². The number of carbonyl (C=O) groups excluding carboxylic acids is 1. The third-order valence-electron chi connectivity index (χ3n) is 1.91. The lowest BCUT2D eigenvalue weighted by Crippen LogP contribution is -2.10. The minimum absolute atomic E-state index is 0.265. The smallest absolute Gasteiger partial charge is 0.293 e. The fraction of sp³-hybridized carbons (Fsp3) is 0.364. The second kappa shape index (κ2) is 6.01. The molecule has 0 radical (unpaired) electrons. The van der Waals surface area contributed by atoms with Gasteiger partial charge >= 0.3 is 0 Å². The lowest BCUT2D eigenvalue weighted by molar-refractivity contribution is 0.0996. The monoisotopic (exact) mass is 283 g/mol. The number of aromatic nitrogens is 2. The molecule has 2 aromatic rings. The molecule has 2 rings (SSSR count). The van der Waals surface area contributed by atoms with E-state index >= 15 is 0 Å². The van der Waals surface area contributed by atoms with Crippen molar-refractivity contribution in [1.29, 1.82) is 0 Å². The molecule has 0 bridgehead atoms. The lowest BCUT2D eigenvalue weighted by atomic mass is 10.3. The average Bonchev–Trinajstić information content (AvgIpc) is 2.97. The second-order valence-corrected chi connectivity index (χ2v) is 6.25. The van der Waals surface area contributed by atoms with Crippen molar-refractivity contribution in [3.05, 3.63) is 24.2 Å². The Morgan fingerprint density at radius 3 is 3.06 bits per heavy atom. The molecule has 1 amide bonds. The van der Waals surface area contributed by atoms with Crippen LogP contribution in [0.2, 0.25) is 0 Å². The Balaban J connectivity index is 1.92. The van der Waals surface area contributed by atoms with Crippen LogP contribution in [-0.4, -0.2) is 21.9 Å². The van der Waals surface area contributed by atoms with Gasteiger partial charge in [0.15, 0.2) is 10.1 Å². The highest BCUT2D eigenvalue weighted by Crippen LogP contribution is 2.27. The maximum Gasteiger partial charge on any atom is 0.293 e. The molecule has 2 heterocycles. The normalized spacial score (nSPS) is 10.8. The van der Waals surface area contributed by atoms with Crippen LogP contribution in [0.4, 0.5) is 5.13 Å². The summed E-state index contributed by atoms with van der Waals surface area (Å²) in [5.74, 6) is 1.54.